The van der Waals surface area contributed by atoms with Crippen molar-refractivity contribution in [2.45, 2.75) is 31.4 Å². The van der Waals surface area contributed by atoms with Crippen LogP contribution in [0, 0.1) is 20.8 Å². The van der Waals surface area contributed by atoms with Crippen molar-refractivity contribution in [2.24, 2.45) is 0 Å². The number of aromatic nitrogens is 1. The van der Waals surface area contributed by atoms with E-state index in [2.05, 4.69) is 4.98 Å². The second-order valence-corrected chi connectivity index (χ2v) is 6.99. The van der Waals surface area contributed by atoms with Gasteiger partial charge in [-0.1, -0.05) is 17.7 Å². The molecule has 0 aliphatic carbocycles. The highest BCUT2D eigenvalue weighted by Crippen LogP contribution is 2.22. The Bertz CT molecular complexity index is 735. The number of anilines is 1. The van der Waals surface area contributed by atoms with Gasteiger partial charge in [0, 0.05) is 11.9 Å². The molecule has 0 saturated heterocycles. The molecule has 0 spiro atoms. The predicted octanol–water partition coefficient (Wildman–Crippen LogP) is 2.56. The number of hydrogen-bond donors (Lipinski definition) is 1. The molecule has 0 radical (unpaired) electrons. The van der Waals surface area contributed by atoms with Gasteiger partial charge in [-0.15, -0.1) is 0 Å². The molecule has 20 heavy (non-hydrogen) atoms. The van der Waals surface area contributed by atoms with E-state index >= 15 is 0 Å². The number of aryl methyl sites for hydroxylation is 2. The van der Waals surface area contributed by atoms with E-state index in [-0.39, 0.29) is 5.75 Å². The van der Waals surface area contributed by atoms with Gasteiger partial charge in [0.2, 0.25) is 0 Å². The topological polar surface area (TPSA) is 73.0 Å². The van der Waals surface area contributed by atoms with Crippen molar-refractivity contribution in [2.75, 3.05) is 5.73 Å². The summed E-state index contributed by atoms with van der Waals surface area (Å²) in [5, 5.41) is 0. The fourth-order valence-corrected chi connectivity index (χ4v) is 3.32. The lowest BCUT2D eigenvalue weighted by molar-refractivity contribution is 0.594. The zero-order valence-electron chi connectivity index (χ0n) is 11.8. The molecular weight excluding hydrogens is 272 g/mol. The Morgan fingerprint density at radius 2 is 1.70 bits per heavy atom. The van der Waals surface area contributed by atoms with Crippen molar-refractivity contribution in [3.05, 3.63) is 52.8 Å². The predicted molar refractivity (Wildman–Crippen MR) is 80.2 cm³/mol. The number of rotatable bonds is 3. The van der Waals surface area contributed by atoms with Crippen LogP contribution in [0.2, 0.25) is 0 Å². The molecule has 1 heterocycles. The standard InChI is InChI=1S/C15H18N2O2S/c1-10-4-6-13(7-5-10)20(18,19)9-14-12(3)15(16)11(2)8-17-14/h4-8H,9H2,1-3H3,(H2,16,17). The van der Waals surface area contributed by atoms with Crippen LogP contribution in [0.25, 0.3) is 0 Å². The number of sulfone groups is 1. The lowest BCUT2D eigenvalue weighted by Gasteiger charge is -2.10. The summed E-state index contributed by atoms with van der Waals surface area (Å²) < 4.78 is 24.8. The SMILES string of the molecule is Cc1ccc(S(=O)(=O)Cc2ncc(C)c(N)c2C)cc1. The second-order valence-electron chi connectivity index (χ2n) is 5.00. The van der Waals surface area contributed by atoms with Crippen LogP contribution in [0.1, 0.15) is 22.4 Å². The van der Waals surface area contributed by atoms with Crippen molar-refractivity contribution < 1.29 is 8.42 Å². The van der Waals surface area contributed by atoms with E-state index in [0.717, 1.165) is 16.7 Å². The summed E-state index contributed by atoms with van der Waals surface area (Å²) in [6.45, 7) is 5.58. The van der Waals surface area contributed by atoms with Crippen molar-refractivity contribution >= 4 is 15.5 Å². The van der Waals surface area contributed by atoms with E-state index in [9.17, 15) is 8.42 Å². The molecule has 1 aromatic carbocycles. The summed E-state index contributed by atoms with van der Waals surface area (Å²) in [5.74, 6) is -0.133. The van der Waals surface area contributed by atoms with Crippen molar-refractivity contribution in [3.8, 4) is 0 Å². The molecule has 1 aromatic heterocycles. The molecular formula is C15H18N2O2S. The highest BCUT2D eigenvalue weighted by Gasteiger charge is 2.18. The third-order valence-electron chi connectivity index (χ3n) is 3.38. The van der Waals surface area contributed by atoms with Gasteiger partial charge in [0.1, 0.15) is 0 Å². The van der Waals surface area contributed by atoms with Gasteiger partial charge in [0.05, 0.1) is 16.3 Å². The van der Waals surface area contributed by atoms with E-state index in [4.69, 9.17) is 5.73 Å². The number of hydrogen-bond acceptors (Lipinski definition) is 4. The van der Waals surface area contributed by atoms with Gasteiger partial charge in [-0.3, -0.25) is 4.98 Å². The quantitative estimate of drug-likeness (QED) is 0.943. The zero-order chi connectivity index (χ0) is 14.9. The molecule has 0 unspecified atom stereocenters. The van der Waals surface area contributed by atoms with Gasteiger partial charge in [-0.2, -0.15) is 0 Å². The van der Waals surface area contributed by atoms with Gasteiger partial charge < -0.3 is 5.73 Å². The summed E-state index contributed by atoms with van der Waals surface area (Å²) in [7, 11) is -3.40. The van der Waals surface area contributed by atoms with E-state index in [1.165, 1.54) is 0 Å². The number of pyridine rings is 1. The lowest BCUT2D eigenvalue weighted by atomic mass is 10.1. The first kappa shape index (κ1) is 14.5. The van der Waals surface area contributed by atoms with Crippen molar-refractivity contribution in [3.63, 3.8) is 0 Å². The first-order chi connectivity index (χ1) is 9.31. The maximum Gasteiger partial charge on any atom is 0.184 e. The summed E-state index contributed by atoms with van der Waals surface area (Å²) in [6.07, 6.45) is 1.61. The van der Waals surface area contributed by atoms with Crippen LogP contribution >= 0.6 is 0 Å². The van der Waals surface area contributed by atoms with Crippen LogP contribution < -0.4 is 5.73 Å². The monoisotopic (exact) mass is 290 g/mol. The summed E-state index contributed by atoms with van der Waals surface area (Å²) >= 11 is 0. The average molecular weight is 290 g/mol. The number of nitrogen functional groups attached to an aromatic ring is 1. The van der Waals surface area contributed by atoms with E-state index < -0.39 is 9.84 Å². The minimum atomic E-state index is -3.40. The van der Waals surface area contributed by atoms with Crippen molar-refractivity contribution in [1.82, 2.24) is 4.98 Å². The fourth-order valence-electron chi connectivity index (χ4n) is 1.95. The molecule has 2 rings (SSSR count). The Hall–Kier alpha value is -1.88. The average Bonchev–Trinajstić information content (AvgIpc) is 2.40. The van der Waals surface area contributed by atoms with E-state index in [1.54, 1.807) is 37.4 Å². The smallest absolute Gasteiger partial charge is 0.184 e. The molecule has 0 saturated carbocycles. The highest BCUT2D eigenvalue weighted by molar-refractivity contribution is 7.90. The van der Waals surface area contributed by atoms with Crippen LogP contribution in [0.5, 0.6) is 0 Å². The molecule has 2 N–H and O–H groups in total. The molecule has 5 heteroatoms. The Labute approximate surface area is 119 Å². The largest absolute Gasteiger partial charge is 0.398 e. The van der Waals surface area contributed by atoms with Crippen LogP contribution in [0.4, 0.5) is 5.69 Å². The van der Waals surface area contributed by atoms with Gasteiger partial charge >= 0.3 is 0 Å². The van der Waals surface area contributed by atoms with Crippen LogP contribution in [-0.4, -0.2) is 13.4 Å². The minimum Gasteiger partial charge on any atom is -0.398 e. The Morgan fingerprint density at radius 3 is 2.30 bits per heavy atom. The number of nitrogens with two attached hydrogens (primary N) is 1. The highest BCUT2D eigenvalue weighted by atomic mass is 32.2. The molecule has 0 bridgehead atoms. The molecule has 4 nitrogen and oxygen atoms in total. The van der Waals surface area contributed by atoms with Gasteiger partial charge in [0.25, 0.3) is 0 Å². The summed E-state index contributed by atoms with van der Waals surface area (Å²) in [4.78, 5) is 4.52. The van der Waals surface area contributed by atoms with E-state index in [0.29, 0.717) is 16.3 Å². The number of nitrogens with zero attached hydrogens (tertiary/aromatic N) is 1. The third kappa shape index (κ3) is 2.82. The van der Waals surface area contributed by atoms with Gasteiger partial charge in [-0.25, -0.2) is 8.42 Å². The van der Waals surface area contributed by atoms with Crippen LogP contribution in [0.15, 0.2) is 35.4 Å². The molecule has 2 aromatic rings. The molecule has 0 aliphatic rings. The molecule has 106 valence electrons. The molecule has 0 atom stereocenters. The van der Waals surface area contributed by atoms with E-state index in [1.807, 2.05) is 13.8 Å². The Kier molecular flexibility index (Phi) is 3.81. The zero-order valence-corrected chi connectivity index (χ0v) is 12.7. The fraction of sp³-hybridized carbons (Fsp3) is 0.267. The van der Waals surface area contributed by atoms with Crippen LogP contribution in [0.3, 0.4) is 0 Å². The summed E-state index contributed by atoms with van der Waals surface area (Å²) in [5.41, 5.74) is 9.66. The minimum absolute atomic E-state index is 0.133. The first-order valence-electron chi connectivity index (χ1n) is 6.31. The molecule has 0 amide bonds. The third-order valence-corrected chi connectivity index (χ3v) is 5.03. The molecule has 0 aliphatic heterocycles. The maximum atomic E-state index is 12.4. The maximum absolute atomic E-state index is 12.4. The lowest BCUT2D eigenvalue weighted by Crippen LogP contribution is -2.09. The summed E-state index contributed by atoms with van der Waals surface area (Å²) in [6, 6.07) is 6.82. The Balaban J connectivity index is 2.38. The van der Waals surface area contributed by atoms with Crippen molar-refractivity contribution in [1.29, 1.82) is 0 Å². The van der Waals surface area contributed by atoms with Gasteiger partial charge in [0.15, 0.2) is 9.84 Å². The van der Waals surface area contributed by atoms with Crippen LogP contribution in [-0.2, 0) is 15.6 Å². The molecule has 0 fully saturated rings. The number of benzene rings is 1. The second kappa shape index (κ2) is 5.25. The normalized spacial score (nSPS) is 11.6. The van der Waals surface area contributed by atoms with Gasteiger partial charge in [-0.05, 0) is 44.0 Å². The Morgan fingerprint density at radius 1 is 1.10 bits per heavy atom. The first-order valence-corrected chi connectivity index (χ1v) is 7.96.